The van der Waals surface area contributed by atoms with Crippen molar-refractivity contribution in [1.82, 2.24) is 0 Å². The molecule has 9 rings (SSSR count). The molecule has 145 heavy (non-hydrogen) atoms. The number of nitrogens with zero attached hydrogens (tertiary/aromatic N) is 1. The SMILES string of the molecule is Cc1cc(CO)ccc1NC(=O)OCc1ccc(NC(=O)OCc2ccc(NC(=O)OCc3ccc(NC(=O)OCc4ccc(NC(=O)OCc5ccc(NC(=O)OCc6ccc(NC(=O)OCc7ccc(NC(=O)OCc8cc(OCCC(C)CCC[C@H](C)CCC[C@H](C)CCCC(C)C)c(OCCC(C)CCC[C@H](C)CCC[C@H](C)CCCC(C)C)cc8[N+](=O)[O-])cc7)cc6)cc5)cc4)c(C)c3)c(C)c2)c(C)c1. The Labute approximate surface area is 854 Å². The van der Waals surface area contributed by atoms with Crippen LogP contribution in [-0.2, 0) is 97.4 Å². The lowest BCUT2D eigenvalue weighted by Gasteiger charge is -2.18. The molecule has 2 unspecified atom stereocenters. The third kappa shape index (κ3) is 44.1. The summed E-state index contributed by atoms with van der Waals surface area (Å²) >= 11 is 0. The Morgan fingerprint density at radius 1 is 0.269 bits per heavy atom. The zero-order chi connectivity index (χ0) is 105. The van der Waals surface area contributed by atoms with Crippen molar-refractivity contribution in [1.29, 1.82) is 0 Å². The third-order valence-electron chi connectivity index (χ3n) is 25.7. The fraction of sp³-hybridized carbons (Fsp3) is 0.461. The van der Waals surface area contributed by atoms with Gasteiger partial charge in [-0.1, -0.05) is 282 Å². The van der Waals surface area contributed by atoms with Crippen molar-refractivity contribution in [3.8, 4) is 11.5 Å². The molecule has 9 aromatic carbocycles. The number of nitrogens with one attached hydrogen (secondary N) is 8. The van der Waals surface area contributed by atoms with Crippen LogP contribution in [0, 0.1) is 85.2 Å². The third-order valence-corrected chi connectivity index (χ3v) is 25.7. The van der Waals surface area contributed by atoms with Gasteiger partial charge in [0.2, 0.25) is 0 Å². The highest BCUT2D eigenvalue weighted by Crippen LogP contribution is 2.38. The summed E-state index contributed by atoms with van der Waals surface area (Å²) in [5, 5.41) is 43.6. The molecule has 0 bridgehead atoms. The van der Waals surface area contributed by atoms with E-state index in [9.17, 15) is 53.6 Å². The molecule has 0 fully saturated rings. The van der Waals surface area contributed by atoms with E-state index < -0.39 is 60.3 Å². The van der Waals surface area contributed by atoms with Crippen LogP contribution in [0.25, 0.3) is 0 Å². The van der Waals surface area contributed by atoms with Gasteiger partial charge in [-0.15, -0.1) is 0 Å². The van der Waals surface area contributed by atoms with Crippen LogP contribution < -0.4 is 52.0 Å². The van der Waals surface area contributed by atoms with Crippen LogP contribution in [0.2, 0.25) is 0 Å². The maximum absolute atomic E-state index is 13.3. The molecule has 0 aliphatic rings. The Bertz CT molecular complexity index is 5600. The van der Waals surface area contributed by atoms with Gasteiger partial charge in [0.25, 0.3) is 5.69 Å². The first kappa shape index (κ1) is 115. The van der Waals surface area contributed by atoms with E-state index in [4.69, 9.17) is 47.4 Å². The quantitative estimate of drug-likeness (QED) is 0.00971. The summed E-state index contributed by atoms with van der Waals surface area (Å²) < 4.78 is 56.6. The van der Waals surface area contributed by atoms with Crippen molar-refractivity contribution < 1.29 is 95.8 Å². The second-order valence-corrected chi connectivity index (χ2v) is 39.6. The van der Waals surface area contributed by atoms with E-state index >= 15 is 0 Å². The summed E-state index contributed by atoms with van der Waals surface area (Å²) in [5.41, 5.74) is 11.8. The van der Waals surface area contributed by atoms with Gasteiger partial charge in [-0.05, 0) is 234 Å². The Kier molecular flexibility index (Phi) is 48.5. The lowest BCUT2D eigenvalue weighted by atomic mass is 9.91. The zero-order valence-electron chi connectivity index (χ0n) is 86.9. The fourth-order valence-electron chi connectivity index (χ4n) is 16.7. The smallest absolute Gasteiger partial charge is 0.411 e. The minimum absolute atomic E-state index is 0.00622. The van der Waals surface area contributed by atoms with Gasteiger partial charge in [0.05, 0.1) is 36.4 Å². The molecule has 0 spiro atoms. The van der Waals surface area contributed by atoms with Crippen molar-refractivity contribution in [2.24, 2.45) is 47.3 Å². The predicted octanol–water partition coefficient (Wildman–Crippen LogP) is 30.0. The first-order valence-corrected chi connectivity index (χ1v) is 51.0. The topological polar surface area (TPSA) is 388 Å². The van der Waals surface area contributed by atoms with Gasteiger partial charge in [-0.25, -0.2) is 38.4 Å². The molecule has 9 aromatic rings. The standard InChI is InChI=1S/C115H151N9O21/c1-76(2)21-15-23-78(5)25-17-27-80(7)29-19-31-82(9)57-59-136-106-65-96(105(124(134)135)66-107(106)137-60-58-83(10)32-20-30-81(8)28-18-26-79(6)24-16-22-77(3)4)75-145-111(129)119-100-51-37-90(38-52-100)70-140-109(127)117-98-47-33-88(34-48-98)68-138-108(126)116-97-45-35-89(36-46-97)69-139-110(128)118-99-49-39-91(40-50-99)71-141-112(130)121-102-54-42-93(62-85(102)12)73-143-114(132)123-104-56-44-95(64-87(104)14)74-144-115(133)122-103-55-43-94(63-86(103)13)72-142-113(131)120-101-53-41-92(67-125)61-84(101)11/h33-56,61-66,76-83,125H,15-32,57-60,67-75H2,1-14H3,(H,116,126)(H,117,127)(H,118,128)(H,119,129)(H,120,131)(H,121,130)(H,122,133)(H,123,132)/t78-,79-,80-,81-,82?,83?/m1/s1. The molecular weight excluding hydrogens is 1840 g/mol. The molecule has 0 aliphatic carbocycles. The molecule has 782 valence electrons. The number of anilines is 8. The number of nitro groups is 1. The second kappa shape index (κ2) is 61.3. The minimum atomic E-state index is -0.836. The number of hydrogen-bond donors (Lipinski definition) is 9. The number of benzene rings is 9. The molecule has 8 amide bonds. The molecule has 0 aliphatic heterocycles. The van der Waals surface area contributed by atoms with E-state index in [2.05, 4.69) is 112 Å². The second-order valence-electron chi connectivity index (χ2n) is 39.6. The molecule has 6 atom stereocenters. The largest absolute Gasteiger partial charge is 0.490 e. The first-order chi connectivity index (χ1) is 69.6. The fourth-order valence-corrected chi connectivity index (χ4v) is 16.7. The van der Waals surface area contributed by atoms with Gasteiger partial charge in [0.1, 0.15) is 52.9 Å². The van der Waals surface area contributed by atoms with Crippen molar-refractivity contribution in [2.45, 2.75) is 285 Å². The molecule has 0 radical (unpaired) electrons. The van der Waals surface area contributed by atoms with E-state index in [1.165, 1.54) is 96.0 Å². The Morgan fingerprint density at radius 3 is 0.731 bits per heavy atom. The summed E-state index contributed by atoms with van der Waals surface area (Å²) in [6.07, 6.45) is 18.3. The lowest BCUT2D eigenvalue weighted by molar-refractivity contribution is -0.385. The number of nitro benzene ring substituents is 1. The molecule has 0 heterocycles. The van der Waals surface area contributed by atoms with Crippen molar-refractivity contribution in [3.05, 3.63) is 264 Å². The van der Waals surface area contributed by atoms with Gasteiger partial charge >= 0.3 is 48.7 Å². The van der Waals surface area contributed by atoms with Crippen LogP contribution in [0.1, 0.15) is 270 Å². The normalized spacial score (nSPS) is 12.4. The number of carbonyl (C=O) groups excluding carboxylic acids is 8. The van der Waals surface area contributed by atoms with Gasteiger partial charge in [0, 0.05) is 45.5 Å². The Balaban J connectivity index is 0.616. The molecule has 0 aromatic heterocycles. The summed E-state index contributed by atoms with van der Waals surface area (Å²) in [6.45, 7) is 30.2. The summed E-state index contributed by atoms with van der Waals surface area (Å²) in [4.78, 5) is 115. The Hall–Kier alpha value is -13.9. The average molecular weight is 2000 g/mol. The van der Waals surface area contributed by atoms with Crippen molar-refractivity contribution in [3.63, 3.8) is 0 Å². The molecule has 30 nitrogen and oxygen atoms in total. The monoisotopic (exact) mass is 1990 g/mol. The molecule has 0 saturated heterocycles. The van der Waals surface area contributed by atoms with Crippen LogP contribution in [0.5, 0.6) is 11.5 Å². The lowest BCUT2D eigenvalue weighted by Crippen LogP contribution is -2.16. The summed E-state index contributed by atoms with van der Waals surface area (Å²) in [5.74, 6) is 5.93. The van der Waals surface area contributed by atoms with E-state index in [0.717, 1.165) is 78.9 Å². The number of carbonyl (C=O) groups is 8. The highest BCUT2D eigenvalue weighted by atomic mass is 16.6. The molecule has 0 saturated carbocycles. The van der Waals surface area contributed by atoms with E-state index in [1.54, 1.807) is 197 Å². The maximum Gasteiger partial charge on any atom is 0.411 e. The van der Waals surface area contributed by atoms with Crippen molar-refractivity contribution >= 4 is 99.9 Å². The average Bonchev–Trinajstić information content (AvgIpc) is 0.803. The highest BCUT2D eigenvalue weighted by molar-refractivity contribution is 5.90. The van der Waals surface area contributed by atoms with Crippen LogP contribution in [0.15, 0.2) is 182 Å². The van der Waals surface area contributed by atoms with Gasteiger partial charge in [-0.3, -0.25) is 52.6 Å². The number of amides is 8. The zero-order valence-corrected chi connectivity index (χ0v) is 86.9. The van der Waals surface area contributed by atoms with Crippen LogP contribution in [0.3, 0.4) is 0 Å². The minimum Gasteiger partial charge on any atom is -0.490 e. The number of aryl methyl sites for hydroxylation is 4. The molecule has 30 heteroatoms. The first-order valence-electron chi connectivity index (χ1n) is 51.0. The number of aliphatic hydroxyl groups is 1. The Morgan fingerprint density at radius 2 is 0.483 bits per heavy atom. The predicted molar refractivity (Wildman–Crippen MR) is 568 cm³/mol. The van der Waals surface area contributed by atoms with Crippen LogP contribution in [0.4, 0.5) is 89.5 Å². The number of aliphatic hydroxyl groups excluding tert-OH is 1. The van der Waals surface area contributed by atoms with Gasteiger partial charge in [0.15, 0.2) is 11.5 Å². The molecular formula is C115H151N9O21. The van der Waals surface area contributed by atoms with Crippen LogP contribution >= 0.6 is 0 Å². The van der Waals surface area contributed by atoms with Gasteiger partial charge in [-0.2, -0.15) is 0 Å². The highest BCUT2D eigenvalue weighted by Gasteiger charge is 2.25. The van der Waals surface area contributed by atoms with Crippen LogP contribution in [-0.4, -0.2) is 72.0 Å². The number of ether oxygens (including phenoxy) is 10. The number of rotatable bonds is 58. The summed E-state index contributed by atoms with van der Waals surface area (Å²) in [6, 6.07) is 50.0. The summed E-state index contributed by atoms with van der Waals surface area (Å²) in [7, 11) is 0. The van der Waals surface area contributed by atoms with E-state index in [-0.39, 0.29) is 64.1 Å². The number of hydrogen-bond acceptors (Lipinski definition) is 21. The van der Waals surface area contributed by atoms with E-state index in [0.29, 0.717) is 144 Å². The van der Waals surface area contributed by atoms with Crippen molar-refractivity contribution in [2.75, 3.05) is 55.7 Å². The van der Waals surface area contributed by atoms with E-state index in [1.807, 2.05) is 6.92 Å². The van der Waals surface area contributed by atoms with Gasteiger partial charge < -0.3 is 52.5 Å². The maximum atomic E-state index is 13.3. The molecule has 9 N–H and O–H groups in total.